The molecule has 0 aromatic carbocycles. The Hall–Kier alpha value is -1.20. The molecule has 0 saturated heterocycles. The lowest BCUT2D eigenvalue weighted by Gasteiger charge is -1.98. The number of hydrogen-bond acceptors (Lipinski definition) is 2. The van der Waals surface area contributed by atoms with E-state index in [1.165, 1.54) is 12.8 Å². The van der Waals surface area contributed by atoms with Crippen LogP contribution in [0.5, 0.6) is 0 Å². The summed E-state index contributed by atoms with van der Waals surface area (Å²) in [5.41, 5.74) is 0.864. The first-order valence-corrected chi connectivity index (χ1v) is 4.16. The normalized spacial score (nSPS) is 15.9. The Morgan fingerprint density at radius 1 is 1.67 bits per heavy atom. The third kappa shape index (κ3) is 1.51. The van der Waals surface area contributed by atoms with Gasteiger partial charge in [-0.3, -0.25) is 0 Å². The minimum Gasteiger partial charge on any atom is -0.467 e. The number of nitrogens with one attached hydrogen (secondary N) is 1. The smallest absolute Gasteiger partial charge is 0.133 e. The molecule has 62 valence electrons. The third-order valence-corrected chi connectivity index (χ3v) is 2.03. The predicted molar refractivity (Wildman–Crippen MR) is 46.5 cm³/mol. The number of terminal acetylenes is 1. The fraction of sp³-hybridized carbons (Fsp3) is 0.400. The zero-order valence-electron chi connectivity index (χ0n) is 6.84. The number of hydrogen-bond donors (Lipinski definition) is 1. The summed E-state index contributed by atoms with van der Waals surface area (Å²) in [5.74, 6) is 3.47. The summed E-state index contributed by atoms with van der Waals surface area (Å²) in [6, 6.07) is 2.52. The molecule has 1 aromatic heterocycles. The van der Waals surface area contributed by atoms with Gasteiger partial charge in [0, 0.05) is 6.04 Å². The standard InChI is InChI=1S/C10H11NO/c1-2-8-5-6-12-10(8)7-11-9-3-4-9/h1,5-6,9,11H,3-4,7H2. The van der Waals surface area contributed by atoms with Crippen molar-refractivity contribution in [3.8, 4) is 12.3 Å². The molecule has 0 atom stereocenters. The molecule has 0 unspecified atom stereocenters. The van der Waals surface area contributed by atoms with Crippen molar-refractivity contribution in [3.63, 3.8) is 0 Å². The Balaban J connectivity index is 1.97. The van der Waals surface area contributed by atoms with Gasteiger partial charge in [-0.15, -0.1) is 6.42 Å². The van der Waals surface area contributed by atoms with Crippen LogP contribution < -0.4 is 5.32 Å². The van der Waals surface area contributed by atoms with Crippen LogP contribution in [0.4, 0.5) is 0 Å². The molecule has 0 aliphatic heterocycles. The predicted octanol–water partition coefficient (Wildman–Crippen LogP) is 1.51. The molecule has 0 amide bonds. The third-order valence-electron chi connectivity index (χ3n) is 2.03. The van der Waals surface area contributed by atoms with Crippen LogP contribution in [0.25, 0.3) is 0 Å². The first-order valence-electron chi connectivity index (χ1n) is 4.16. The molecule has 1 N–H and O–H groups in total. The second-order valence-electron chi connectivity index (χ2n) is 3.06. The number of rotatable bonds is 3. The Morgan fingerprint density at radius 2 is 2.50 bits per heavy atom. The average molecular weight is 161 g/mol. The van der Waals surface area contributed by atoms with Crippen LogP contribution in [-0.4, -0.2) is 6.04 Å². The Kier molecular flexibility index (Phi) is 1.89. The van der Waals surface area contributed by atoms with Crippen molar-refractivity contribution in [1.82, 2.24) is 5.32 Å². The fourth-order valence-corrected chi connectivity index (χ4v) is 1.13. The highest BCUT2D eigenvalue weighted by Gasteiger charge is 2.20. The topological polar surface area (TPSA) is 25.2 Å². The number of furan rings is 1. The molecule has 2 rings (SSSR count). The van der Waals surface area contributed by atoms with Crippen molar-refractivity contribution in [1.29, 1.82) is 0 Å². The zero-order valence-corrected chi connectivity index (χ0v) is 6.84. The van der Waals surface area contributed by atoms with Gasteiger partial charge < -0.3 is 9.73 Å². The molecular formula is C10H11NO. The van der Waals surface area contributed by atoms with Crippen LogP contribution in [0.1, 0.15) is 24.2 Å². The summed E-state index contributed by atoms with van der Waals surface area (Å²) in [6.07, 6.45) is 9.48. The maximum Gasteiger partial charge on any atom is 0.133 e. The molecule has 1 saturated carbocycles. The lowest BCUT2D eigenvalue weighted by atomic mass is 10.2. The summed E-state index contributed by atoms with van der Waals surface area (Å²) >= 11 is 0. The summed E-state index contributed by atoms with van der Waals surface area (Å²) in [7, 11) is 0. The molecule has 0 spiro atoms. The van der Waals surface area contributed by atoms with Gasteiger partial charge in [0.05, 0.1) is 18.4 Å². The molecule has 12 heavy (non-hydrogen) atoms. The maximum absolute atomic E-state index is 5.28. The van der Waals surface area contributed by atoms with Crippen molar-refractivity contribution in [2.24, 2.45) is 0 Å². The van der Waals surface area contributed by atoms with Crippen LogP contribution >= 0.6 is 0 Å². The van der Waals surface area contributed by atoms with Gasteiger partial charge in [0.2, 0.25) is 0 Å². The lowest BCUT2D eigenvalue weighted by molar-refractivity contribution is 0.481. The van der Waals surface area contributed by atoms with E-state index in [1.54, 1.807) is 6.26 Å². The van der Waals surface area contributed by atoms with Gasteiger partial charge >= 0.3 is 0 Å². The molecule has 2 nitrogen and oxygen atoms in total. The van der Waals surface area contributed by atoms with Crippen LogP contribution in [0.3, 0.4) is 0 Å². The van der Waals surface area contributed by atoms with Gasteiger partial charge in [0.25, 0.3) is 0 Å². The van der Waals surface area contributed by atoms with Crippen molar-refractivity contribution >= 4 is 0 Å². The molecule has 2 heteroatoms. The van der Waals surface area contributed by atoms with Crippen LogP contribution in [0.15, 0.2) is 16.7 Å². The van der Waals surface area contributed by atoms with Gasteiger partial charge in [0.1, 0.15) is 5.76 Å². The van der Waals surface area contributed by atoms with Crippen LogP contribution in [0.2, 0.25) is 0 Å². The molecule has 1 aliphatic rings. The minimum atomic E-state index is 0.695. The van der Waals surface area contributed by atoms with E-state index in [-0.39, 0.29) is 0 Å². The highest BCUT2D eigenvalue weighted by atomic mass is 16.3. The second kappa shape index (κ2) is 3.04. The lowest BCUT2D eigenvalue weighted by Crippen LogP contribution is -2.15. The van der Waals surface area contributed by atoms with Crippen molar-refractivity contribution in [3.05, 3.63) is 23.7 Å². The SMILES string of the molecule is C#Cc1ccoc1CNC1CC1. The van der Waals surface area contributed by atoms with Gasteiger partial charge in [-0.1, -0.05) is 5.92 Å². The summed E-state index contributed by atoms with van der Waals surface area (Å²) in [5, 5.41) is 3.34. The van der Waals surface area contributed by atoms with Crippen molar-refractivity contribution in [2.45, 2.75) is 25.4 Å². The van der Waals surface area contributed by atoms with Crippen LogP contribution in [0, 0.1) is 12.3 Å². The van der Waals surface area contributed by atoms with Gasteiger partial charge in [-0.2, -0.15) is 0 Å². The Morgan fingerprint density at radius 3 is 3.17 bits per heavy atom. The minimum absolute atomic E-state index is 0.695. The molecule has 1 fully saturated rings. The zero-order chi connectivity index (χ0) is 8.39. The van der Waals surface area contributed by atoms with E-state index >= 15 is 0 Å². The maximum atomic E-state index is 5.28. The van der Waals surface area contributed by atoms with Gasteiger partial charge in [-0.05, 0) is 18.9 Å². The van der Waals surface area contributed by atoms with E-state index in [4.69, 9.17) is 10.8 Å². The van der Waals surface area contributed by atoms with E-state index in [0.29, 0.717) is 6.04 Å². The highest BCUT2D eigenvalue weighted by Crippen LogP contribution is 2.20. The molecule has 0 radical (unpaired) electrons. The molecule has 1 aliphatic carbocycles. The fourth-order valence-electron chi connectivity index (χ4n) is 1.13. The first kappa shape index (κ1) is 7.45. The Labute approximate surface area is 72.0 Å². The van der Waals surface area contributed by atoms with Gasteiger partial charge in [-0.25, -0.2) is 0 Å². The van der Waals surface area contributed by atoms with E-state index in [1.807, 2.05) is 6.07 Å². The van der Waals surface area contributed by atoms with Crippen molar-refractivity contribution < 1.29 is 4.42 Å². The molecule has 1 aromatic rings. The highest BCUT2D eigenvalue weighted by molar-refractivity contribution is 5.34. The van der Waals surface area contributed by atoms with E-state index in [2.05, 4.69) is 11.2 Å². The largest absolute Gasteiger partial charge is 0.467 e. The Bertz CT molecular complexity index is 304. The summed E-state index contributed by atoms with van der Waals surface area (Å²) in [6.45, 7) is 0.761. The average Bonchev–Trinajstić information content (AvgIpc) is 2.81. The van der Waals surface area contributed by atoms with Crippen LogP contribution in [-0.2, 0) is 6.54 Å². The van der Waals surface area contributed by atoms with Crippen molar-refractivity contribution in [2.75, 3.05) is 0 Å². The van der Waals surface area contributed by atoms with E-state index < -0.39 is 0 Å². The first-order chi connectivity index (χ1) is 5.90. The quantitative estimate of drug-likeness (QED) is 0.680. The molecular weight excluding hydrogens is 150 g/mol. The second-order valence-corrected chi connectivity index (χ2v) is 3.06. The summed E-state index contributed by atoms with van der Waals surface area (Å²) < 4.78 is 5.23. The van der Waals surface area contributed by atoms with E-state index in [9.17, 15) is 0 Å². The van der Waals surface area contributed by atoms with Gasteiger partial charge in [0.15, 0.2) is 0 Å². The monoisotopic (exact) mass is 161 g/mol. The molecule has 1 heterocycles. The summed E-state index contributed by atoms with van der Waals surface area (Å²) in [4.78, 5) is 0. The molecule has 0 bridgehead atoms. The van der Waals surface area contributed by atoms with E-state index in [0.717, 1.165) is 17.9 Å².